The maximum atomic E-state index is 15.0. The Balaban J connectivity index is 1.67. The normalized spacial score (nSPS) is 11.1. The van der Waals surface area contributed by atoms with Crippen LogP contribution in [0.4, 0.5) is 14.5 Å². The van der Waals surface area contributed by atoms with Gasteiger partial charge in [-0.3, -0.25) is 4.68 Å². The third-order valence-electron chi connectivity index (χ3n) is 4.86. The third-order valence-corrected chi connectivity index (χ3v) is 5.71. The summed E-state index contributed by atoms with van der Waals surface area (Å²) in [5, 5.41) is 5.16. The van der Waals surface area contributed by atoms with E-state index < -0.39 is 17.6 Å². The molecule has 0 spiro atoms. The third kappa shape index (κ3) is 4.00. The van der Waals surface area contributed by atoms with Gasteiger partial charge in [-0.1, -0.05) is 12.1 Å². The Labute approximate surface area is 181 Å². The van der Waals surface area contributed by atoms with Gasteiger partial charge in [0, 0.05) is 25.7 Å². The van der Waals surface area contributed by atoms with E-state index in [1.807, 2.05) is 18.3 Å². The number of benzene rings is 2. The Morgan fingerprint density at radius 2 is 2.00 bits per heavy atom. The van der Waals surface area contributed by atoms with E-state index in [0.29, 0.717) is 21.7 Å². The molecule has 0 fully saturated rings. The van der Waals surface area contributed by atoms with Gasteiger partial charge in [0.25, 0.3) is 0 Å². The molecule has 2 aromatic carbocycles. The van der Waals surface area contributed by atoms with Crippen molar-refractivity contribution >= 4 is 33.9 Å². The molecule has 0 atom stereocenters. The highest BCUT2D eigenvalue weighted by molar-refractivity contribution is 7.11. The molecular formula is C22H20F2N4O2S. The van der Waals surface area contributed by atoms with E-state index in [-0.39, 0.29) is 18.8 Å². The molecule has 0 N–H and O–H groups in total. The van der Waals surface area contributed by atoms with Crippen molar-refractivity contribution in [2.45, 2.75) is 13.5 Å². The lowest BCUT2D eigenvalue weighted by molar-refractivity contribution is 0.0530. The Morgan fingerprint density at radius 1 is 1.26 bits per heavy atom. The molecular weight excluding hydrogens is 422 g/mol. The Morgan fingerprint density at radius 3 is 2.71 bits per heavy atom. The lowest BCUT2D eigenvalue weighted by atomic mass is 10.0. The van der Waals surface area contributed by atoms with Crippen LogP contribution in [0, 0.1) is 11.6 Å². The number of aryl methyl sites for hydroxylation is 1. The van der Waals surface area contributed by atoms with E-state index in [1.165, 1.54) is 22.5 Å². The van der Waals surface area contributed by atoms with Crippen LogP contribution in [0.15, 0.2) is 42.0 Å². The van der Waals surface area contributed by atoms with Gasteiger partial charge in [-0.25, -0.2) is 18.6 Å². The number of carbonyl (C=O) groups excluding carboxylic acids is 1. The summed E-state index contributed by atoms with van der Waals surface area (Å²) in [6.45, 7) is 2.01. The molecule has 0 bridgehead atoms. The molecule has 2 heterocycles. The summed E-state index contributed by atoms with van der Waals surface area (Å²) in [7, 11) is 3.35. The second-order valence-electron chi connectivity index (χ2n) is 7.03. The average Bonchev–Trinajstić information content (AvgIpc) is 3.32. The number of hydrogen-bond acceptors (Lipinski definition) is 6. The molecule has 4 rings (SSSR count). The molecule has 0 aliphatic carbocycles. The number of carbonyl (C=O) groups is 1. The quantitative estimate of drug-likeness (QED) is 0.402. The number of ether oxygens (including phenoxy) is 1. The minimum atomic E-state index is -0.702. The number of nitrogens with zero attached hydrogens (tertiary/aromatic N) is 4. The van der Waals surface area contributed by atoms with Gasteiger partial charge in [0.15, 0.2) is 0 Å². The minimum Gasteiger partial charge on any atom is -0.462 e. The SMILES string of the molecule is CCOC(=O)c1scnc1CN(C)c1c(F)cc(-c2cccc3nn(C)cc23)cc1F. The summed E-state index contributed by atoms with van der Waals surface area (Å²) in [6, 6.07) is 8.08. The average molecular weight is 442 g/mol. The summed E-state index contributed by atoms with van der Waals surface area (Å²) < 4.78 is 36.8. The highest BCUT2D eigenvalue weighted by atomic mass is 32.1. The number of esters is 1. The summed E-state index contributed by atoms with van der Waals surface area (Å²) in [4.78, 5) is 18.0. The first-order valence-electron chi connectivity index (χ1n) is 9.61. The van der Waals surface area contributed by atoms with Crippen LogP contribution in [0.5, 0.6) is 0 Å². The molecule has 4 aromatic rings. The zero-order valence-electron chi connectivity index (χ0n) is 17.2. The van der Waals surface area contributed by atoms with E-state index in [0.717, 1.165) is 22.2 Å². The van der Waals surface area contributed by atoms with E-state index in [1.54, 1.807) is 31.8 Å². The fourth-order valence-corrected chi connectivity index (χ4v) is 4.24. The van der Waals surface area contributed by atoms with Gasteiger partial charge in [-0.05, 0) is 36.2 Å². The van der Waals surface area contributed by atoms with E-state index in [2.05, 4.69) is 10.1 Å². The first kappa shape index (κ1) is 20.9. The smallest absolute Gasteiger partial charge is 0.350 e. The maximum absolute atomic E-state index is 15.0. The topological polar surface area (TPSA) is 60.2 Å². The molecule has 0 saturated heterocycles. The van der Waals surface area contributed by atoms with Crippen molar-refractivity contribution in [3.8, 4) is 11.1 Å². The number of aromatic nitrogens is 3. The number of rotatable bonds is 6. The van der Waals surface area contributed by atoms with Gasteiger partial charge < -0.3 is 9.64 Å². The van der Waals surface area contributed by atoms with Gasteiger partial charge in [0.2, 0.25) is 0 Å². The number of halogens is 2. The number of thiazole rings is 1. The fourth-order valence-electron chi connectivity index (χ4n) is 3.55. The van der Waals surface area contributed by atoms with Crippen LogP contribution in [0.3, 0.4) is 0 Å². The second kappa shape index (κ2) is 8.43. The van der Waals surface area contributed by atoms with Gasteiger partial charge in [0.05, 0.1) is 29.9 Å². The Hall–Kier alpha value is -3.33. The maximum Gasteiger partial charge on any atom is 0.350 e. The summed E-state index contributed by atoms with van der Waals surface area (Å²) >= 11 is 1.14. The molecule has 9 heteroatoms. The Bertz CT molecular complexity index is 1240. The highest BCUT2D eigenvalue weighted by Gasteiger charge is 2.21. The van der Waals surface area contributed by atoms with E-state index in [9.17, 15) is 4.79 Å². The Kier molecular flexibility index (Phi) is 5.69. The molecule has 0 unspecified atom stereocenters. The van der Waals surface area contributed by atoms with E-state index in [4.69, 9.17) is 4.74 Å². The molecule has 0 radical (unpaired) electrons. The summed E-state index contributed by atoms with van der Waals surface area (Å²) in [6.07, 6.45) is 1.82. The standard InChI is InChI=1S/C22H20F2N4O2S/c1-4-30-22(29)21-19(25-12-31-21)11-27(2)20-16(23)8-13(9-17(20)24)14-6-5-7-18-15(14)10-28(3)26-18/h5-10,12H,4,11H2,1-3H3. The first-order valence-corrected chi connectivity index (χ1v) is 10.5. The summed E-state index contributed by atoms with van der Waals surface area (Å²) in [5.41, 5.74) is 3.60. The van der Waals surface area contributed by atoms with Gasteiger partial charge in [0.1, 0.15) is 22.2 Å². The van der Waals surface area contributed by atoms with Crippen molar-refractivity contribution in [3.63, 3.8) is 0 Å². The van der Waals surface area contributed by atoms with Crippen LogP contribution >= 0.6 is 11.3 Å². The zero-order chi connectivity index (χ0) is 22.1. The van der Waals surface area contributed by atoms with Gasteiger partial charge >= 0.3 is 5.97 Å². The minimum absolute atomic E-state index is 0.0586. The van der Waals surface area contributed by atoms with Crippen molar-refractivity contribution in [3.05, 3.63) is 64.2 Å². The predicted octanol–water partition coefficient (Wildman–Crippen LogP) is 4.79. The van der Waals surface area contributed by atoms with Crippen molar-refractivity contribution in [1.82, 2.24) is 14.8 Å². The van der Waals surface area contributed by atoms with Crippen LogP contribution in [-0.2, 0) is 18.3 Å². The van der Waals surface area contributed by atoms with E-state index >= 15 is 8.78 Å². The zero-order valence-corrected chi connectivity index (χ0v) is 18.0. The molecule has 0 aliphatic heterocycles. The summed E-state index contributed by atoms with van der Waals surface area (Å²) in [5.74, 6) is -1.90. The van der Waals surface area contributed by atoms with Crippen LogP contribution in [0.25, 0.3) is 22.0 Å². The number of hydrogen-bond donors (Lipinski definition) is 0. The second-order valence-corrected chi connectivity index (χ2v) is 7.89. The van der Waals surface area contributed by atoms with Crippen LogP contribution in [-0.4, -0.2) is 34.4 Å². The predicted molar refractivity (Wildman–Crippen MR) is 116 cm³/mol. The lowest BCUT2D eigenvalue weighted by Crippen LogP contribution is -2.21. The van der Waals surface area contributed by atoms with Crippen LogP contribution in [0.2, 0.25) is 0 Å². The first-order chi connectivity index (χ1) is 14.9. The lowest BCUT2D eigenvalue weighted by Gasteiger charge is -2.21. The van der Waals surface area contributed by atoms with Gasteiger partial charge in [-0.15, -0.1) is 11.3 Å². The molecule has 0 saturated carbocycles. The molecule has 6 nitrogen and oxygen atoms in total. The van der Waals surface area contributed by atoms with Crippen molar-refractivity contribution in [1.29, 1.82) is 0 Å². The van der Waals surface area contributed by atoms with Crippen molar-refractivity contribution in [2.24, 2.45) is 7.05 Å². The van der Waals surface area contributed by atoms with Crippen LogP contribution in [0.1, 0.15) is 22.3 Å². The molecule has 160 valence electrons. The molecule has 0 amide bonds. The molecule has 0 aliphatic rings. The number of anilines is 1. The largest absolute Gasteiger partial charge is 0.462 e. The monoisotopic (exact) mass is 442 g/mol. The van der Waals surface area contributed by atoms with Crippen LogP contribution < -0.4 is 4.90 Å². The van der Waals surface area contributed by atoms with Crippen molar-refractivity contribution < 1.29 is 18.3 Å². The number of fused-ring (bicyclic) bond motifs is 1. The van der Waals surface area contributed by atoms with Gasteiger partial charge in [-0.2, -0.15) is 5.10 Å². The van der Waals surface area contributed by atoms with Crippen molar-refractivity contribution in [2.75, 3.05) is 18.6 Å². The highest BCUT2D eigenvalue weighted by Crippen LogP contribution is 2.33. The fraction of sp³-hybridized carbons (Fsp3) is 0.227. The molecule has 31 heavy (non-hydrogen) atoms. The molecule has 2 aromatic heterocycles.